The molecule has 4 heteroatoms. The summed E-state index contributed by atoms with van der Waals surface area (Å²) in [6.45, 7) is 7.44. The van der Waals surface area contributed by atoms with Crippen LogP contribution in [0.3, 0.4) is 0 Å². The predicted octanol–water partition coefficient (Wildman–Crippen LogP) is 2.92. The van der Waals surface area contributed by atoms with Gasteiger partial charge in [-0.1, -0.05) is 12.1 Å². The second-order valence-corrected chi connectivity index (χ2v) is 5.46. The Morgan fingerprint density at radius 3 is 2.74 bits per heavy atom. The minimum Gasteiger partial charge on any atom is -0.374 e. The van der Waals surface area contributed by atoms with Crippen molar-refractivity contribution >= 4 is 11.0 Å². The first kappa shape index (κ1) is 13.6. The van der Waals surface area contributed by atoms with Crippen LogP contribution in [0.2, 0.25) is 0 Å². The molecule has 19 heavy (non-hydrogen) atoms. The summed E-state index contributed by atoms with van der Waals surface area (Å²) in [4.78, 5) is 4.50. The van der Waals surface area contributed by atoms with E-state index in [2.05, 4.69) is 15.6 Å². The monoisotopic (exact) mass is 257 g/mol. The van der Waals surface area contributed by atoms with Crippen molar-refractivity contribution in [3.8, 4) is 6.07 Å². The predicted molar refractivity (Wildman–Crippen MR) is 74.8 cm³/mol. The van der Waals surface area contributed by atoms with Gasteiger partial charge < -0.3 is 9.30 Å². The molecular weight excluding hydrogens is 238 g/mol. The van der Waals surface area contributed by atoms with E-state index in [1.807, 2.05) is 45.0 Å². The fraction of sp³-hybridized carbons (Fsp3) is 0.467. The van der Waals surface area contributed by atoms with Crippen molar-refractivity contribution in [2.45, 2.75) is 39.3 Å². The maximum Gasteiger partial charge on any atom is 0.124 e. The lowest BCUT2D eigenvalue weighted by molar-refractivity contribution is -0.00669. The molecule has 0 unspecified atom stereocenters. The van der Waals surface area contributed by atoms with Crippen LogP contribution in [0.15, 0.2) is 24.3 Å². The van der Waals surface area contributed by atoms with Crippen molar-refractivity contribution in [2.75, 3.05) is 6.61 Å². The normalized spacial score (nSPS) is 11.7. The summed E-state index contributed by atoms with van der Waals surface area (Å²) < 4.78 is 7.83. The summed E-state index contributed by atoms with van der Waals surface area (Å²) in [6, 6.07) is 10.1. The molecule has 100 valence electrons. The highest BCUT2D eigenvalue weighted by Crippen LogP contribution is 2.17. The molecule has 0 spiro atoms. The molecule has 4 nitrogen and oxygen atoms in total. The lowest BCUT2D eigenvalue weighted by atomic mass is 10.2. The number of hydrogen-bond donors (Lipinski definition) is 0. The van der Waals surface area contributed by atoms with E-state index in [0.29, 0.717) is 13.0 Å². The molecule has 0 saturated heterocycles. The summed E-state index contributed by atoms with van der Waals surface area (Å²) in [5, 5.41) is 8.89. The van der Waals surface area contributed by atoms with Gasteiger partial charge in [0.1, 0.15) is 5.82 Å². The molecule has 0 atom stereocenters. The molecule has 0 amide bonds. The number of nitrogens with zero attached hydrogens (tertiary/aromatic N) is 3. The average Bonchev–Trinajstić information content (AvgIpc) is 2.67. The molecule has 0 fully saturated rings. The van der Waals surface area contributed by atoms with E-state index in [-0.39, 0.29) is 5.60 Å². The second-order valence-electron chi connectivity index (χ2n) is 5.46. The van der Waals surface area contributed by atoms with Gasteiger partial charge >= 0.3 is 0 Å². The first-order valence-electron chi connectivity index (χ1n) is 6.46. The molecule has 1 aromatic carbocycles. The number of rotatable bonds is 4. The summed E-state index contributed by atoms with van der Waals surface area (Å²) in [7, 11) is 0. The highest BCUT2D eigenvalue weighted by atomic mass is 16.5. The number of benzene rings is 1. The van der Waals surface area contributed by atoms with E-state index in [0.717, 1.165) is 23.4 Å². The van der Waals surface area contributed by atoms with Crippen molar-refractivity contribution in [3.05, 3.63) is 30.1 Å². The van der Waals surface area contributed by atoms with Gasteiger partial charge in [0.25, 0.3) is 0 Å². The van der Waals surface area contributed by atoms with Crippen molar-refractivity contribution < 1.29 is 4.74 Å². The molecule has 2 aromatic rings. The number of nitriles is 1. The first-order valence-corrected chi connectivity index (χ1v) is 6.46. The van der Waals surface area contributed by atoms with Crippen molar-refractivity contribution in [2.24, 2.45) is 0 Å². The van der Waals surface area contributed by atoms with Gasteiger partial charge in [-0.15, -0.1) is 0 Å². The maximum absolute atomic E-state index is 8.89. The van der Waals surface area contributed by atoms with Gasteiger partial charge in [-0.3, -0.25) is 0 Å². The highest BCUT2D eigenvalue weighted by Gasteiger charge is 2.13. The quantitative estimate of drug-likeness (QED) is 0.846. The molecule has 1 aromatic heterocycles. The Balaban J connectivity index is 2.24. The number of ether oxygens (including phenoxy) is 1. The van der Waals surface area contributed by atoms with Crippen LogP contribution in [-0.4, -0.2) is 21.8 Å². The van der Waals surface area contributed by atoms with Gasteiger partial charge in [0.05, 0.1) is 35.7 Å². The van der Waals surface area contributed by atoms with E-state index in [1.165, 1.54) is 0 Å². The third-order valence-corrected chi connectivity index (χ3v) is 2.82. The van der Waals surface area contributed by atoms with Crippen molar-refractivity contribution in [3.63, 3.8) is 0 Å². The summed E-state index contributed by atoms with van der Waals surface area (Å²) >= 11 is 0. The van der Waals surface area contributed by atoms with E-state index in [1.54, 1.807) is 0 Å². The summed E-state index contributed by atoms with van der Waals surface area (Å²) in [5.74, 6) is 0.807. The van der Waals surface area contributed by atoms with Crippen LogP contribution in [0.1, 0.15) is 26.6 Å². The molecule has 0 aliphatic carbocycles. The maximum atomic E-state index is 8.89. The molecule has 1 heterocycles. The van der Waals surface area contributed by atoms with Gasteiger partial charge in [0, 0.05) is 6.54 Å². The molecule has 0 N–H and O–H groups in total. The van der Waals surface area contributed by atoms with Gasteiger partial charge in [-0.05, 0) is 32.9 Å². The summed E-state index contributed by atoms with van der Waals surface area (Å²) in [6.07, 6.45) is 0.324. The summed E-state index contributed by atoms with van der Waals surface area (Å²) in [5.41, 5.74) is 1.85. The topological polar surface area (TPSA) is 50.8 Å². The van der Waals surface area contributed by atoms with Crippen molar-refractivity contribution in [1.82, 2.24) is 9.55 Å². The Labute approximate surface area is 113 Å². The third kappa shape index (κ3) is 3.33. The molecule has 0 saturated carbocycles. The number of para-hydroxylation sites is 2. The Bertz CT molecular complexity index is 602. The van der Waals surface area contributed by atoms with Crippen LogP contribution in [0.5, 0.6) is 0 Å². The Morgan fingerprint density at radius 2 is 2.05 bits per heavy atom. The second kappa shape index (κ2) is 5.41. The van der Waals surface area contributed by atoms with Gasteiger partial charge in [0.2, 0.25) is 0 Å². The molecule has 0 bridgehead atoms. The largest absolute Gasteiger partial charge is 0.374 e. The zero-order chi connectivity index (χ0) is 13.9. The van der Waals surface area contributed by atoms with Gasteiger partial charge in [0.15, 0.2) is 0 Å². The minimum absolute atomic E-state index is 0.147. The average molecular weight is 257 g/mol. The number of imidazole rings is 1. The number of fused-ring (bicyclic) bond motifs is 1. The fourth-order valence-corrected chi connectivity index (χ4v) is 2.02. The molecule has 0 aliphatic heterocycles. The molecular formula is C15H19N3O. The van der Waals surface area contributed by atoms with Gasteiger partial charge in [-0.25, -0.2) is 4.98 Å². The number of aromatic nitrogens is 2. The lowest BCUT2D eigenvalue weighted by Gasteiger charge is -2.20. The smallest absolute Gasteiger partial charge is 0.124 e. The van der Waals surface area contributed by atoms with Crippen LogP contribution in [-0.2, 0) is 17.7 Å². The van der Waals surface area contributed by atoms with Crippen LogP contribution in [0.4, 0.5) is 0 Å². The van der Waals surface area contributed by atoms with E-state index in [4.69, 9.17) is 10.00 Å². The number of hydrogen-bond acceptors (Lipinski definition) is 3. The van der Waals surface area contributed by atoms with Crippen LogP contribution >= 0.6 is 0 Å². The highest BCUT2D eigenvalue weighted by molar-refractivity contribution is 5.75. The van der Waals surface area contributed by atoms with Crippen LogP contribution in [0.25, 0.3) is 11.0 Å². The minimum atomic E-state index is -0.147. The van der Waals surface area contributed by atoms with E-state index < -0.39 is 0 Å². The Kier molecular flexibility index (Phi) is 3.87. The SMILES string of the molecule is CC(C)(C)OCCn1c(CC#N)nc2ccccc21. The van der Waals surface area contributed by atoms with E-state index in [9.17, 15) is 0 Å². The lowest BCUT2D eigenvalue weighted by Crippen LogP contribution is -2.22. The Morgan fingerprint density at radius 1 is 1.32 bits per heavy atom. The van der Waals surface area contributed by atoms with E-state index >= 15 is 0 Å². The zero-order valence-electron chi connectivity index (χ0n) is 11.7. The standard InChI is InChI=1S/C15H19N3O/c1-15(2,3)19-11-10-18-13-7-5-4-6-12(13)17-14(18)8-9-16/h4-7H,8,10-11H2,1-3H3. The Hall–Kier alpha value is -1.86. The zero-order valence-corrected chi connectivity index (χ0v) is 11.7. The first-order chi connectivity index (χ1) is 9.01. The fourth-order valence-electron chi connectivity index (χ4n) is 2.02. The van der Waals surface area contributed by atoms with Gasteiger partial charge in [-0.2, -0.15) is 5.26 Å². The van der Waals surface area contributed by atoms with Crippen LogP contribution < -0.4 is 0 Å². The van der Waals surface area contributed by atoms with Crippen molar-refractivity contribution in [1.29, 1.82) is 5.26 Å². The molecule has 0 aliphatic rings. The van der Waals surface area contributed by atoms with Crippen LogP contribution in [0, 0.1) is 11.3 Å². The molecule has 0 radical (unpaired) electrons. The molecule has 2 rings (SSSR count). The third-order valence-electron chi connectivity index (χ3n) is 2.82.